The fourth-order valence-corrected chi connectivity index (χ4v) is 5.25. The number of nitrogens with zero attached hydrogens (tertiary/aromatic N) is 2. The minimum Gasteiger partial charge on any atom is -0.369 e. The number of hydrogen-bond donors (Lipinski definition) is 1. The predicted molar refractivity (Wildman–Crippen MR) is 100 cm³/mol. The molecular formula is C16H15F3IN3O3S. The van der Waals surface area contributed by atoms with Crippen molar-refractivity contribution in [3.63, 3.8) is 0 Å². The Morgan fingerprint density at radius 2 is 2.11 bits per heavy atom. The molecule has 0 spiro atoms. The van der Waals surface area contributed by atoms with Crippen molar-refractivity contribution in [3.05, 3.63) is 28.3 Å². The van der Waals surface area contributed by atoms with Gasteiger partial charge in [0.2, 0.25) is 11.7 Å². The van der Waals surface area contributed by atoms with Gasteiger partial charge in [-0.1, -0.05) is 27.7 Å². The molecule has 2 atom stereocenters. The number of hydrogen-bond acceptors (Lipinski definition) is 5. The molecule has 6 nitrogen and oxygen atoms in total. The Balaban J connectivity index is 1.85. The minimum absolute atomic E-state index is 0.0612. The van der Waals surface area contributed by atoms with E-state index in [-0.39, 0.29) is 21.2 Å². The van der Waals surface area contributed by atoms with Gasteiger partial charge in [0.25, 0.3) is 5.91 Å². The van der Waals surface area contributed by atoms with Crippen molar-refractivity contribution in [3.8, 4) is 10.6 Å². The zero-order valence-electron chi connectivity index (χ0n) is 14.0. The first kappa shape index (κ1) is 20.1. The van der Waals surface area contributed by atoms with Crippen molar-refractivity contribution in [1.29, 1.82) is 0 Å². The molecule has 1 aliphatic heterocycles. The van der Waals surface area contributed by atoms with Gasteiger partial charge in [0.15, 0.2) is 0 Å². The molecule has 0 aliphatic carbocycles. The van der Waals surface area contributed by atoms with Gasteiger partial charge >= 0.3 is 6.18 Å². The second-order valence-corrected chi connectivity index (χ2v) is 8.53. The van der Waals surface area contributed by atoms with Gasteiger partial charge in [-0.05, 0) is 31.9 Å². The number of primary amides is 1. The lowest BCUT2D eigenvalue weighted by Crippen LogP contribution is -2.48. The Bertz CT molecular complexity index is 880. The van der Waals surface area contributed by atoms with Gasteiger partial charge in [-0.2, -0.15) is 13.2 Å². The summed E-state index contributed by atoms with van der Waals surface area (Å²) < 4.78 is 42.7. The molecule has 2 unspecified atom stereocenters. The third-order valence-electron chi connectivity index (χ3n) is 4.40. The number of thiophene rings is 1. The Morgan fingerprint density at radius 3 is 2.70 bits per heavy atom. The van der Waals surface area contributed by atoms with Crippen LogP contribution in [0.25, 0.3) is 10.6 Å². The van der Waals surface area contributed by atoms with E-state index in [2.05, 4.69) is 9.68 Å². The van der Waals surface area contributed by atoms with Gasteiger partial charge < -0.3 is 15.2 Å². The molecule has 2 amide bonds. The molecule has 27 heavy (non-hydrogen) atoms. The molecule has 2 N–H and O–H groups in total. The molecule has 0 saturated carbocycles. The van der Waals surface area contributed by atoms with Crippen LogP contribution in [0.2, 0.25) is 0 Å². The molecule has 11 heteroatoms. The number of amides is 2. The first-order valence-corrected chi connectivity index (χ1v) is 10.1. The topological polar surface area (TPSA) is 89.4 Å². The maximum absolute atomic E-state index is 12.9. The maximum atomic E-state index is 12.9. The molecule has 3 rings (SSSR count). The van der Waals surface area contributed by atoms with Gasteiger partial charge in [-0.25, -0.2) is 0 Å². The molecule has 1 saturated heterocycles. The standard InChI is InChI=1S/C16H15F3IN3O3S/c1-7-11(22-26-12(7)16(17,18)19)9-4-5-10(27-9)15(25)23-6-2-3-8(13(23)20)14(21)24/h4-5,8,13H,2-3,6H2,1H3,(H2,21,24). The quantitative estimate of drug-likeness (QED) is 0.384. The lowest BCUT2D eigenvalue weighted by Gasteiger charge is -2.36. The average Bonchev–Trinajstić information content (AvgIpc) is 3.20. The Labute approximate surface area is 170 Å². The average molecular weight is 513 g/mol. The van der Waals surface area contributed by atoms with Gasteiger partial charge in [-0.3, -0.25) is 9.59 Å². The van der Waals surface area contributed by atoms with Crippen LogP contribution in [-0.2, 0) is 11.0 Å². The van der Waals surface area contributed by atoms with E-state index in [9.17, 15) is 22.8 Å². The second kappa shape index (κ2) is 7.41. The van der Waals surface area contributed by atoms with Crippen molar-refractivity contribution in [1.82, 2.24) is 10.1 Å². The summed E-state index contributed by atoms with van der Waals surface area (Å²) in [5.41, 5.74) is 5.34. The number of carbonyl (C=O) groups excluding carboxylic acids is 2. The summed E-state index contributed by atoms with van der Waals surface area (Å²) >= 11 is 3.07. The van der Waals surface area contributed by atoms with Crippen LogP contribution >= 0.6 is 33.9 Å². The Hall–Kier alpha value is -1.63. The highest BCUT2D eigenvalue weighted by Gasteiger charge is 2.40. The first-order valence-electron chi connectivity index (χ1n) is 7.99. The lowest BCUT2D eigenvalue weighted by molar-refractivity contribution is -0.156. The fourth-order valence-electron chi connectivity index (χ4n) is 3.00. The molecule has 2 aromatic rings. The van der Waals surface area contributed by atoms with Crippen molar-refractivity contribution in [2.45, 2.75) is 30.0 Å². The summed E-state index contributed by atoms with van der Waals surface area (Å²) in [7, 11) is 0. The summed E-state index contributed by atoms with van der Waals surface area (Å²) in [4.78, 5) is 26.7. The van der Waals surface area contributed by atoms with Crippen LogP contribution in [0.5, 0.6) is 0 Å². The van der Waals surface area contributed by atoms with E-state index >= 15 is 0 Å². The molecule has 0 radical (unpaired) electrons. The number of alkyl halides is 4. The number of piperidine rings is 1. The fraction of sp³-hybridized carbons (Fsp3) is 0.438. The van der Waals surface area contributed by atoms with Crippen molar-refractivity contribution in [2.24, 2.45) is 11.7 Å². The molecule has 1 fully saturated rings. The van der Waals surface area contributed by atoms with E-state index in [4.69, 9.17) is 5.73 Å². The summed E-state index contributed by atoms with van der Waals surface area (Å²) in [5.74, 6) is -2.30. The van der Waals surface area contributed by atoms with E-state index < -0.39 is 23.8 Å². The van der Waals surface area contributed by atoms with Crippen LogP contribution < -0.4 is 5.73 Å². The number of nitrogens with two attached hydrogens (primary N) is 1. The number of aromatic nitrogens is 1. The number of halogens is 4. The molecule has 146 valence electrons. The molecule has 0 aromatic carbocycles. The molecular weight excluding hydrogens is 498 g/mol. The summed E-state index contributed by atoms with van der Waals surface area (Å²) in [5, 5.41) is 3.52. The monoisotopic (exact) mass is 513 g/mol. The lowest BCUT2D eigenvalue weighted by atomic mass is 9.97. The first-order chi connectivity index (χ1) is 12.6. The van der Waals surface area contributed by atoms with Crippen LogP contribution in [0.4, 0.5) is 13.2 Å². The third kappa shape index (κ3) is 3.84. The zero-order valence-corrected chi connectivity index (χ0v) is 17.0. The van der Waals surface area contributed by atoms with E-state index in [0.717, 1.165) is 11.3 Å². The van der Waals surface area contributed by atoms with E-state index in [1.807, 2.05) is 22.6 Å². The smallest absolute Gasteiger partial charge is 0.369 e. The predicted octanol–water partition coefficient (Wildman–Crippen LogP) is 3.83. The van der Waals surface area contributed by atoms with Crippen LogP contribution in [0, 0.1) is 12.8 Å². The number of likely N-dealkylation sites (tertiary alicyclic amines) is 1. The van der Waals surface area contributed by atoms with Crippen molar-refractivity contribution in [2.75, 3.05) is 6.54 Å². The van der Waals surface area contributed by atoms with E-state index in [0.29, 0.717) is 29.1 Å². The summed E-state index contributed by atoms with van der Waals surface area (Å²) in [6.07, 6.45) is -3.34. The third-order valence-corrected chi connectivity index (χ3v) is 7.02. The second-order valence-electron chi connectivity index (χ2n) is 6.17. The number of carbonyl (C=O) groups is 2. The number of rotatable bonds is 3. The maximum Gasteiger partial charge on any atom is 0.452 e. The zero-order chi connectivity index (χ0) is 19.9. The van der Waals surface area contributed by atoms with Crippen molar-refractivity contribution < 1.29 is 27.3 Å². The summed E-state index contributed by atoms with van der Waals surface area (Å²) in [6, 6.07) is 3.08. The molecule has 2 aromatic heterocycles. The Kier molecular flexibility index (Phi) is 5.52. The molecule has 0 bridgehead atoms. The molecule has 1 aliphatic rings. The van der Waals surface area contributed by atoms with Crippen LogP contribution in [0.1, 0.15) is 33.8 Å². The van der Waals surface area contributed by atoms with Crippen LogP contribution in [0.15, 0.2) is 16.7 Å². The van der Waals surface area contributed by atoms with Gasteiger partial charge in [-0.15, -0.1) is 11.3 Å². The van der Waals surface area contributed by atoms with Gasteiger partial charge in [0.1, 0.15) is 5.69 Å². The minimum atomic E-state index is -4.63. The highest BCUT2D eigenvalue weighted by Crippen LogP contribution is 2.39. The largest absolute Gasteiger partial charge is 0.452 e. The van der Waals surface area contributed by atoms with Gasteiger partial charge in [0, 0.05) is 12.1 Å². The van der Waals surface area contributed by atoms with E-state index in [1.165, 1.54) is 6.92 Å². The SMILES string of the molecule is Cc1c(-c2ccc(C(=O)N3CCCC(C(N)=O)C3I)s2)noc1C(F)(F)F. The van der Waals surface area contributed by atoms with Crippen molar-refractivity contribution >= 4 is 45.7 Å². The summed E-state index contributed by atoms with van der Waals surface area (Å²) in [6.45, 7) is 1.77. The van der Waals surface area contributed by atoms with Crippen LogP contribution in [-0.4, -0.2) is 32.5 Å². The normalized spacial score (nSPS) is 20.7. The highest BCUT2D eigenvalue weighted by atomic mass is 127. The molecule has 3 heterocycles. The Morgan fingerprint density at radius 1 is 1.41 bits per heavy atom. The van der Waals surface area contributed by atoms with Crippen LogP contribution in [0.3, 0.4) is 0 Å². The van der Waals surface area contributed by atoms with E-state index in [1.54, 1.807) is 17.0 Å². The highest BCUT2D eigenvalue weighted by molar-refractivity contribution is 14.1. The van der Waals surface area contributed by atoms with Gasteiger partial charge in [0.05, 0.1) is 19.7 Å².